The van der Waals surface area contributed by atoms with E-state index in [-0.39, 0.29) is 10.7 Å². The van der Waals surface area contributed by atoms with Crippen LogP contribution >= 0.6 is 0 Å². The van der Waals surface area contributed by atoms with Crippen LogP contribution in [0.3, 0.4) is 0 Å². The van der Waals surface area contributed by atoms with E-state index in [1.165, 1.54) is 12.5 Å². The maximum absolute atomic E-state index is 12.4. The van der Waals surface area contributed by atoms with Crippen molar-refractivity contribution in [2.24, 2.45) is 0 Å². The Hall–Kier alpha value is -2.08. The fraction of sp³-hybridized carbons (Fsp3) is 0.353. The highest BCUT2D eigenvalue weighted by atomic mass is 32.2. The third-order valence-electron chi connectivity index (χ3n) is 3.26. The van der Waals surface area contributed by atoms with E-state index in [0.717, 1.165) is 5.56 Å². The fourth-order valence-electron chi connectivity index (χ4n) is 1.98. The van der Waals surface area contributed by atoms with Gasteiger partial charge in [0.25, 0.3) is 5.91 Å². The van der Waals surface area contributed by atoms with Crippen LogP contribution in [0.2, 0.25) is 0 Å². The van der Waals surface area contributed by atoms with Gasteiger partial charge in [0.2, 0.25) is 0 Å². The van der Waals surface area contributed by atoms with Crippen LogP contribution in [0.1, 0.15) is 31.1 Å². The minimum Gasteiger partial charge on any atom is -0.351 e. The minimum atomic E-state index is -0.997. The predicted octanol–water partition coefficient (Wildman–Crippen LogP) is 2.42. The lowest BCUT2D eigenvalue weighted by Crippen LogP contribution is -2.33. The van der Waals surface area contributed by atoms with Crippen molar-refractivity contribution in [1.82, 2.24) is 15.3 Å². The predicted molar refractivity (Wildman–Crippen MR) is 92.6 cm³/mol. The minimum absolute atomic E-state index is 0.254. The van der Waals surface area contributed by atoms with E-state index in [1.807, 2.05) is 51.1 Å². The number of hydrogen-bond donors (Lipinski definition) is 1. The Morgan fingerprint density at radius 1 is 1.22 bits per heavy atom. The molecule has 2 aromatic rings. The second-order valence-corrected chi connectivity index (χ2v) is 8.39. The molecule has 1 aromatic heterocycles. The van der Waals surface area contributed by atoms with Gasteiger partial charge in [-0.3, -0.25) is 9.00 Å². The number of carbonyl (C=O) groups is 1. The quantitative estimate of drug-likeness (QED) is 0.913. The Labute approximate surface area is 139 Å². The van der Waals surface area contributed by atoms with Crippen molar-refractivity contribution in [1.29, 1.82) is 0 Å². The molecular weight excluding hydrogens is 310 g/mol. The number of nitrogens with zero attached hydrogens (tertiary/aromatic N) is 2. The van der Waals surface area contributed by atoms with Crippen molar-refractivity contribution >= 4 is 16.7 Å². The first-order valence-electron chi connectivity index (χ1n) is 7.41. The van der Waals surface area contributed by atoms with Crippen molar-refractivity contribution in [2.45, 2.75) is 25.5 Å². The van der Waals surface area contributed by atoms with Crippen molar-refractivity contribution < 1.29 is 9.00 Å². The SMILES string of the molecule is CC(C)(C)[S@@](=O)CCNC(=O)c1cncnc1-c1ccccc1. The number of aromatic nitrogens is 2. The maximum atomic E-state index is 12.4. The second-order valence-electron chi connectivity index (χ2n) is 6.07. The topological polar surface area (TPSA) is 72.0 Å². The number of carbonyl (C=O) groups excluding carboxylic acids is 1. The molecule has 2 rings (SSSR count). The van der Waals surface area contributed by atoms with Crippen molar-refractivity contribution in [2.75, 3.05) is 12.3 Å². The van der Waals surface area contributed by atoms with Crippen LogP contribution in [0.25, 0.3) is 11.3 Å². The first-order chi connectivity index (χ1) is 10.9. The molecule has 1 N–H and O–H groups in total. The molecule has 0 fully saturated rings. The van der Waals surface area contributed by atoms with Gasteiger partial charge in [-0.15, -0.1) is 0 Å². The third kappa shape index (κ3) is 4.69. The molecule has 1 aromatic carbocycles. The average molecular weight is 331 g/mol. The van der Waals surface area contributed by atoms with Gasteiger partial charge in [-0.05, 0) is 20.8 Å². The number of hydrogen-bond acceptors (Lipinski definition) is 4. The van der Waals surface area contributed by atoms with Crippen LogP contribution in [0.15, 0.2) is 42.9 Å². The molecule has 0 saturated heterocycles. The van der Waals surface area contributed by atoms with E-state index in [2.05, 4.69) is 15.3 Å². The summed E-state index contributed by atoms with van der Waals surface area (Å²) < 4.78 is 11.7. The highest BCUT2D eigenvalue weighted by molar-refractivity contribution is 7.86. The van der Waals surface area contributed by atoms with Gasteiger partial charge in [0, 0.05) is 39.6 Å². The van der Waals surface area contributed by atoms with Gasteiger partial charge in [-0.25, -0.2) is 9.97 Å². The molecule has 0 radical (unpaired) electrons. The zero-order valence-corrected chi connectivity index (χ0v) is 14.4. The Kier molecular flexibility index (Phi) is 5.60. The Morgan fingerprint density at radius 2 is 1.91 bits per heavy atom. The molecule has 1 atom stereocenters. The molecular formula is C17H21N3O2S. The molecule has 6 heteroatoms. The van der Waals surface area contributed by atoms with Gasteiger partial charge >= 0.3 is 0 Å². The van der Waals surface area contributed by atoms with Crippen molar-refractivity contribution in [3.8, 4) is 11.3 Å². The van der Waals surface area contributed by atoms with Gasteiger partial charge in [0.15, 0.2) is 0 Å². The van der Waals surface area contributed by atoms with Gasteiger partial charge in [0.05, 0.1) is 11.3 Å². The monoisotopic (exact) mass is 331 g/mol. The number of nitrogens with one attached hydrogen (secondary N) is 1. The summed E-state index contributed by atoms with van der Waals surface area (Å²) in [4.78, 5) is 20.5. The smallest absolute Gasteiger partial charge is 0.255 e. The van der Waals surface area contributed by atoms with Crippen LogP contribution in [0, 0.1) is 0 Å². The first kappa shape index (κ1) is 17.3. The molecule has 0 spiro atoms. The number of amides is 1. The number of rotatable bonds is 5. The molecule has 5 nitrogen and oxygen atoms in total. The van der Waals surface area contributed by atoms with Crippen molar-refractivity contribution in [3.05, 3.63) is 48.4 Å². The average Bonchev–Trinajstić information content (AvgIpc) is 2.54. The van der Waals surface area contributed by atoms with E-state index < -0.39 is 10.8 Å². The summed E-state index contributed by atoms with van der Waals surface area (Å²) in [7, 11) is -0.997. The van der Waals surface area contributed by atoms with Gasteiger partial charge in [-0.2, -0.15) is 0 Å². The molecule has 0 aliphatic rings. The summed E-state index contributed by atoms with van der Waals surface area (Å²) in [5.74, 6) is 0.166. The summed E-state index contributed by atoms with van der Waals surface area (Å²) in [6.45, 7) is 6.11. The highest BCUT2D eigenvalue weighted by Crippen LogP contribution is 2.19. The van der Waals surface area contributed by atoms with E-state index >= 15 is 0 Å². The molecule has 1 heterocycles. The summed E-state index contributed by atoms with van der Waals surface area (Å²) >= 11 is 0. The molecule has 0 aliphatic carbocycles. The van der Waals surface area contributed by atoms with Crippen LogP contribution in [-0.4, -0.2) is 37.1 Å². The van der Waals surface area contributed by atoms with E-state index in [0.29, 0.717) is 23.6 Å². The normalized spacial score (nSPS) is 12.7. The third-order valence-corrected chi connectivity index (χ3v) is 5.20. The highest BCUT2D eigenvalue weighted by Gasteiger charge is 2.20. The van der Waals surface area contributed by atoms with Gasteiger partial charge in [0.1, 0.15) is 6.33 Å². The number of benzene rings is 1. The summed E-state index contributed by atoms with van der Waals surface area (Å²) in [6.07, 6.45) is 2.93. The lowest BCUT2D eigenvalue weighted by atomic mass is 10.1. The fourth-order valence-corrected chi connectivity index (χ4v) is 2.88. The molecule has 0 saturated carbocycles. The molecule has 0 bridgehead atoms. The second kappa shape index (κ2) is 7.46. The summed E-state index contributed by atoms with van der Waals surface area (Å²) in [6, 6.07) is 9.49. The zero-order valence-electron chi connectivity index (χ0n) is 13.6. The van der Waals surface area contributed by atoms with Crippen LogP contribution in [0.4, 0.5) is 0 Å². The lowest BCUT2D eigenvalue weighted by Gasteiger charge is -2.17. The van der Waals surface area contributed by atoms with E-state index in [1.54, 1.807) is 0 Å². The van der Waals surface area contributed by atoms with E-state index in [9.17, 15) is 9.00 Å². The van der Waals surface area contributed by atoms with Crippen LogP contribution in [0.5, 0.6) is 0 Å². The first-order valence-corrected chi connectivity index (χ1v) is 8.73. The van der Waals surface area contributed by atoms with Crippen LogP contribution < -0.4 is 5.32 Å². The molecule has 0 unspecified atom stereocenters. The molecule has 0 aliphatic heterocycles. The van der Waals surface area contributed by atoms with Gasteiger partial charge < -0.3 is 5.32 Å². The Balaban J connectivity index is 2.08. The largest absolute Gasteiger partial charge is 0.351 e. The van der Waals surface area contributed by atoms with Crippen LogP contribution in [-0.2, 0) is 10.8 Å². The van der Waals surface area contributed by atoms with Gasteiger partial charge in [-0.1, -0.05) is 30.3 Å². The van der Waals surface area contributed by atoms with Crippen molar-refractivity contribution in [3.63, 3.8) is 0 Å². The zero-order chi connectivity index (χ0) is 16.9. The standard InChI is InChI=1S/C17H21N3O2S/c1-17(2,3)23(22)10-9-19-16(21)14-11-18-12-20-15(14)13-7-5-4-6-8-13/h4-8,11-12H,9-10H2,1-3H3,(H,19,21)/t23-/m0/s1. The molecule has 23 heavy (non-hydrogen) atoms. The van der Waals surface area contributed by atoms with E-state index in [4.69, 9.17) is 0 Å². The Morgan fingerprint density at radius 3 is 2.57 bits per heavy atom. The lowest BCUT2D eigenvalue weighted by molar-refractivity contribution is 0.0956. The molecule has 122 valence electrons. The summed E-state index contributed by atoms with van der Waals surface area (Å²) in [5, 5.41) is 2.80. The molecule has 1 amide bonds. The summed E-state index contributed by atoms with van der Waals surface area (Å²) in [5.41, 5.74) is 1.87. The Bertz CT molecular complexity index is 696. The maximum Gasteiger partial charge on any atom is 0.255 e.